The van der Waals surface area contributed by atoms with E-state index < -0.39 is 12.7 Å². The van der Waals surface area contributed by atoms with E-state index in [1.165, 1.54) is 17.1 Å². The predicted octanol–water partition coefficient (Wildman–Crippen LogP) is 0.614. The van der Waals surface area contributed by atoms with Gasteiger partial charge in [-0.25, -0.2) is 4.68 Å². The highest BCUT2D eigenvalue weighted by Gasteiger charge is 2.27. The molecule has 7 nitrogen and oxygen atoms in total. The Kier molecular flexibility index (Phi) is 3.00. The fraction of sp³-hybridized carbons (Fsp3) is 0.250. The summed E-state index contributed by atoms with van der Waals surface area (Å²) in [7, 11) is 0. The van der Waals surface area contributed by atoms with Gasteiger partial charge in [0.2, 0.25) is 11.9 Å². The fourth-order valence-corrected chi connectivity index (χ4v) is 1.13. The van der Waals surface area contributed by atoms with Crippen LogP contribution in [-0.2, 0) is 0 Å². The second kappa shape index (κ2) is 4.47. The smallest absolute Gasteiger partial charge is 0.368 e. The Labute approximate surface area is 98.9 Å². The zero-order valence-electron chi connectivity index (χ0n) is 8.89. The second-order valence-electron chi connectivity index (χ2n) is 3.24. The number of hydrogen-bond acceptors (Lipinski definition) is 6. The number of nitrogens with zero attached hydrogens (tertiary/aromatic N) is 5. The zero-order valence-corrected chi connectivity index (χ0v) is 8.89. The van der Waals surface area contributed by atoms with Gasteiger partial charge in [-0.3, -0.25) is 0 Å². The number of nitrogen functional groups attached to an aromatic ring is 1. The molecule has 0 bridgehead atoms. The molecule has 2 rings (SSSR count). The molecule has 0 fully saturated rings. The molecule has 10 heteroatoms. The van der Waals surface area contributed by atoms with Gasteiger partial charge in [0, 0.05) is 12.4 Å². The van der Waals surface area contributed by atoms with E-state index in [0.717, 1.165) is 0 Å². The summed E-state index contributed by atoms with van der Waals surface area (Å²) < 4.78 is 37.4. The molecule has 0 aromatic carbocycles. The van der Waals surface area contributed by atoms with Crippen molar-refractivity contribution >= 4 is 11.9 Å². The number of halogens is 3. The molecule has 0 aliphatic rings. The van der Waals surface area contributed by atoms with Crippen LogP contribution in [0, 0.1) is 0 Å². The normalized spacial score (nSPS) is 11.5. The number of rotatable bonds is 3. The standard InChI is InChI=1S/C8H8F3N7/c9-8(10,11)4-13-6-15-5(12)16-7(17-6)18-3-1-2-14-18/h1-3H,4H2,(H3,12,13,15,16,17). The topological polar surface area (TPSA) is 94.5 Å². The summed E-state index contributed by atoms with van der Waals surface area (Å²) in [4.78, 5) is 11.1. The third-order valence-electron chi connectivity index (χ3n) is 1.80. The van der Waals surface area contributed by atoms with Crippen LogP contribution in [-0.4, -0.2) is 37.5 Å². The van der Waals surface area contributed by atoms with E-state index in [4.69, 9.17) is 5.73 Å². The second-order valence-corrected chi connectivity index (χ2v) is 3.24. The molecule has 0 unspecified atom stereocenters. The summed E-state index contributed by atoms with van der Waals surface area (Å²) in [6.07, 6.45) is -1.36. The number of anilines is 2. The van der Waals surface area contributed by atoms with Gasteiger partial charge in [-0.15, -0.1) is 0 Å². The number of nitrogens with two attached hydrogens (primary N) is 1. The molecule has 0 spiro atoms. The van der Waals surface area contributed by atoms with Crippen molar-refractivity contribution in [3.8, 4) is 5.95 Å². The highest BCUT2D eigenvalue weighted by atomic mass is 19.4. The Hall–Kier alpha value is -2.39. The molecule has 2 aromatic rings. The highest BCUT2D eigenvalue weighted by Crippen LogP contribution is 2.15. The summed E-state index contributed by atoms with van der Waals surface area (Å²) in [5, 5.41) is 5.86. The molecule has 96 valence electrons. The lowest BCUT2D eigenvalue weighted by molar-refractivity contribution is -0.115. The van der Waals surface area contributed by atoms with Crippen molar-refractivity contribution in [2.45, 2.75) is 6.18 Å². The first kappa shape index (κ1) is 12.1. The van der Waals surface area contributed by atoms with Crippen LogP contribution in [0.15, 0.2) is 18.5 Å². The first-order chi connectivity index (χ1) is 8.44. The van der Waals surface area contributed by atoms with Crippen molar-refractivity contribution in [2.75, 3.05) is 17.6 Å². The number of alkyl halides is 3. The molecule has 3 N–H and O–H groups in total. The molecule has 0 aliphatic carbocycles. The maximum absolute atomic E-state index is 12.0. The van der Waals surface area contributed by atoms with Crippen LogP contribution in [0.3, 0.4) is 0 Å². The monoisotopic (exact) mass is 259 g/mol. The number of nitrogens with one attached hydrogen (secondary N) is 1. The van der Waals surface area contributed by atoms with Crippen LogP contribution in [0.5, 0.6) is 0 Å². The number of aromatic nitrogens is 5. The lowest BCUT2D eigenvalue weighted by Crippen LogP contribution is -2.23. The Morgan fingerprint density at radius 2 is 2.06 bits per heavy atom. The van der Waals surface area contributed by atoms with Crippen molar-refractivity contribution in [1.29, 1.82) is 0 Å². The van der Waals surface area contributed by atoms with Crippen LogP contribution in [0.25, 0.3) is 5.95 Å². The van der Waals surface area contributed by atoms with Gasteiger partial charge in [-0.05, 0) is 6.07 Å². The lowest BCUT2D eigenvalue weighted by atomic mass is 10.6. The van der Waals surface area contributed by atoms with E-state index in [0.29, 0.717) is 0 Å². The zero-order chi connectivity index (χ0) is 13.2. The van der Waals surface area contributed by atoms with E-state index in [9.17, 15) is 13.2 Å². The summed E-state index contributed by atoms with van der Waals surface area (Å²) in [6.45, 7) is -1.25. The SMILES string of the molecule is Nc1nc(NCC(F)(F)F)nc(-n2cccn2)n1. The minimum Gasteiger partial charge on any atom is -0.368 e. The average Bonchev–Trinajstić information content (AvgIpc) is 2.78. The van der Waals surface area contributed by atoms with Crippen molar-refractivity contribution < 1.29 is 13.2 Å². The van der Waals surface area contributed by atoms with Gasteiger partial charge in [0.15, 0.2) is 0 Å². The van der Waals surface area contributed by atoms with Gasteiger partial charge in [-0.2, -0.15) is 33.2 Å². The summed E-state index contributed by atoms with van der Waals surface area (Å²) in [6, 6.07) is 1.61. The molecule has 0 atom stereocenters. The van der Waals surface area contributed by atoms with Gasteiger partial charge in [0.25, 0.3) is 5.95 Å². The minimum absolute atomic E-state index is 0.0391. The number of hydrogen-bond donors (Lipinski definition) is 2. The molecule has 2 heterocycles. The lowest BCUT2D eigenvalue weighted by Gasteiger charge is -2.09. The van der Waals surface area contributed by atoms with Crippen LogP contribution in [0.4, 0.5) is 25.1 Å². The van der Waals surface area contributed by atoms with Crippen LogP contribution < -0.4 is 11.1 Å². The Bertz CT molecular complexity index is 522. The van der Waals surface area contributed by atoms with Crippen LogP contribution in [0.1, 0.15) is 0 Å². The molecular weight excluding hydrogens is 251 g/mol. The van der Waals surface area contributed by atoms with Crippen molar-refractivity contribution in [1.82, 2.24) is 24.7 Å². The third-order valence-corrected chi connectivity index (χ3v) is 1.80. The Morgan fingerprint density at radius 3 is 2.67 bits per heavy atom. The van der Waals surface area contributed by atoms with Gasteiger partial charge >= 0.3 is 6.18 Å². The van der Waals surface area contributed by atoms with Gasteiger partial charge in [0.1, 0.15) is 6.54 Å². The molecule has 0 saturated heterocycles. The van der Waals surface area contributed by atoms with E-state index in [1.807, 2.05) is 5.32 Å². The van der Waals surface area contributed by atoms with Crippen molar-refractivity contribution in [3.63, 3.8) is 0 Å². The Balaban J connectivity index is 2.22. The van der Waals surface area contributed by atoms with Crippen molar-refractivity contribution in [3.05, 3.63) is 18.5 Å². The molecule has 0 aliphatic heterocycles. The third kappa shape index (κ3) is 3.06. The largest absolute Gasteiger partial charge is 0.405 e. The summed E-state index contributed by atoms with van der Waals surface area (Å²) in [5.74, 6) is -0.414. The quantitative estimate of drug-likeness (QED) is 0.838. The molecule has 0 amide bonds. The van der Waals surface area contributed by atoms with E-state index in [-0.39, 0.29) is 17.8 Å². The predicted molar refractivity (Wildman–Crippen MR) is 55.9 cm³/mol. The van der Waals surface area contributed by atoms with Gasteiger partial charge in [-0.1, -0.05) is 0 Å². The van der Waals surface area contributed by atoms with Gasteiger partial charge in [0.05, 0.1) is 0 Å². The average molecular weight is 259 g/mol. The highest BCUT2D eigenvalue weighted by molar-refractivity contribution is 5.34. The summed E-state index contributed by atoms with van der Waals surface area (Å²) in [5.41, 5.74) is 5.38. The minimum atomic E-state index is -4.37. The van der Waals surface area contributed by atoms with Crippen LogP contribution in [0.2, 0.25) is 0 Å². The molecule has 0 saturated carbocycles. The van der Waals surface area contributed by atoms with Crippen LogP contribution >= 0.6 is 0 Å². The van der Waals surface area contributed by atoms with Gasteiger partial charge < -0.3 is 11.1 Å². The Morgan fingerprint density at radius 1 is 1.28 bits per heavy atom. The molecular formula is C8H8F3N7. The first-order valence-electron chi connectivity index (χ1n) is 4.76. The summed E-state index contributed by atoms with van der Waals surface area (Å²) >= 11 is 0. The molecule has 0 radical (unpaired) electrons. The molecule has 2 aromatic heterocycles. The first-order valence-corrected chi connectivity index (χ1v) is 4.76. The fourth-order valence-electron chi connectivity index (χ4n) is 1.13. The maximum atomic E-state index is 12.0. The maximum Gasteiger partial charge on any atom is 0.405 e. The van der Waals surface area contributed by atoms with E-state index in [1.54, 1.807) is 6.07 Å². The van der Waals surface area contributed by atoms with E-state index in [2.05, 4.69) is 20.1 Å². The molecule has 18 heavy (non-hydrogen) atoms. The van der Waals surface area contributed by atoms with Crippen molar-refractivity contribution in [2.24, 2.45) is 0 Å². The van der Waals surface area contributed by atoms with E-state index >= 15 is 0 Å².